The molecule has 0 aliphatic heterocycles. The molecule has 0 spiro atoms. The van der Waals surface area contributed by atoms with Crippen molar-refractivity contribution in [1.29, 1.82) is 0 Å². The van der Waals surface area contributed by atoms with Crippen LogP contribution in [0, 0.1) is 5.82 Å². The molecule has 0 aliphatic rings. The second kappa shape index (κ2) is 9.67. The largest absolute Gasteiger partial charge is 0.494 e. The molecule has 166 valence electrons. The minimum absolute atomic E-state index is 0.166. The second-order valence-electron chi connectivity index (χ2n) is 6.55. The minimum atomic E-state index is -3.61. The molecule has 1 heterocycles. The van der Waals surface area contributed by atoms with E-state index in [0.717, 1.165) is 5.56 Å². The molecule has 11 heteroatoms. The highest BCUT2D eigenvalue weighted by Crippen LogP contribution is 2.28. The molecule has 2 aromatic carbocycles. The Morgan fingerprint density at radius 2 is 1.90 bits per heavy atom. The third-order valence-electron chi connectivity index (χ3n) is 4.68. The summed E-state index contributed by atoms with van der Waals surface area (Å²) in [5.41, 5.74) is 1.27. The maximum Gasteiger partial charge on any atom is 0.243 e. The van der Waals surface area contributed by atoms with E-state index in [0.29, 0.717) is 35.4 Å². The Bertz CT molecular complexity index is 1160. The van der Waals surface area contributed by atoms with Crippen LogP contribution in [0.5, 0.6) is 5.75 Å². The van der Waals surface area contributed by atoms with Crippen molar-refractivity contribution in [2.45, 2.75) is 29.7 Å². The summed E-state index contributed by atoms with van der Waals surface area (Å²) >= 11 is 1.29. The number of ether oxygens (including phenoxy) is 1. The second-order valence-corrected chi connectivity index (χ2v) is 9.43. The molecular formula is C20H24FN5O3S2. The van der Waals surface area contributed by atoms with Crippen LogP contribution in [0.3, 0.4) is 0 Å². The summed E-state index contributed by atoms with van der Waals surface area (Å²) in [4.78, 5) is 0.166. The molecule has 0 unspecified atom stereocenters. The van der Waals surface area contributed by atoms with Gasteiger partial charge < -0.3 is 10.6 Å². The lowest BCUT2D eigenvalue weighted by atomic mass is 10.2. The van der Waals surface area contributed by atoms with Crippen molar-refractivity contribution in [3.05, 3.63) is 53.8 Å². The van der Waals surface area contributed by atoms with Gasteiger partial charge in [0.25, 0.3) is 0 Å². The van der Waals surface area contributed by atoms with Gasteiger partial charge in [0, 0.05) is 24.4 Å². The number of sulfonamides is 1. The first kappa shape index (κ1) is 23.0. The molecule has 0 fully saturated rings. The number of aromatic nitrogens is 3. The van der Waals surface area contributed by atoms with Crippen molar-refractivity contribution in [2.24, 2.45) is 0 Å². The highest BCUT2D eigenvalue weighted by atomic mass is 32.2. The third-order valence-corrected chi connectivity index (χ3v) is 7.74. The quantitative estimate of drug-likeness (QED) is 0.382. The number of nitrogens with zero attached hydrogens (tertiary/aromatic N) is 4. The van der Waals surface area contributed by atoms with Crippen molar-refractivity contribution in [3.63, 3.8) is 0 Å². The molecule has 0 saturated heterocycles. The Balaban J connectivity index is 1.82. The lowest BCUT2D eigenvalue weighted by molar-refractivity contribution is 0.386. The van der Waals surface area contributed by atoms with E-state index < -0.39 is 15.8 Å². The Kier molecular flexibility index (Phi) is 7.19. The molecule has 3 aromatic rings. The summed E-state index contributed by atoms with van der Waals surface area (Å²) in [6.45, 7) is 4.34. The van der Waals surface area contributed by atoms with Crippen LogP contribution in [-0.4, -0.2) is 47.8 Å². The van der Waals surface area contributed by atoms with Gasteiger partial charge in [0.1, 0.15) is 0 Å². The predicted octanol–water partition coefficient (Wildman–Crippen LogP) is 3.13. The molecular weight excluding hydrogens is 441 g/mol. The average Bonchev–Trinajstić information content (AvgIpc) is 3.13. The first-order chi connectivity index (χ1) is 14.8. The number of methoxy groups -OCH3 is 1. The van der Waals surface area contributed by atoms with E-state index in [1.165, 1.54) is 40.0 Å². The Labute approximate surface area is 185 Å². The SMILES string of the molecule is CCN(CC)S(=O)(=O)c1cccc(-c2nnc(SCc3ccc(OC)c(F)c3)n2N)c1. The van der Waals surface area contributed by atoms with E-state index in [2.05, 4.69) is 10.2 Å². The summed E-state index contributed by atoms with van der Waals surface area (Å²) < 4.78 is 47.1. The third kappa shape index (κ3) is 4.83. The van der Waals surface area contributed by atoms with E-state index in [4.69, 9.17) is 10.6 Å². The molecule has 0 amide bonds. The average molecular weight is 466 g/mol. The Morgan fingerprint density at radius 1 is 1.16 bits per heavy atom. The van der Waals surface area contributed by atoms with Crippen LogP contribution in [0.2, 0.25) is 0 Å². The van der Waals surface area contributed by atoms with Gasteiger partial charge in [-0.1, -0.05) is 43.8 Å². The normalized spacial score (nSPS) is 11.8. The van der Waals surface area contributed by atoms with Crippen molar-refractivity contribution in [1.82, 2.24) is 19.2 Å². The molecule has 0 bridgehead atoms. The number of nitrogen functional groups attached to an aromatic ring is 1. The van der Waals surface area contributed by atoms with Gasteiger partial charge in [-0.25, -0.2) is 17.5 Å². The van der Waals surface area contributed by atoms with E-state index in [-0.39, 0.29) is 10.6 Å². The van der Waals surface area contributed by atoms with Crippen LogP contribution in [0.15, 0.2) is 52.5 Å². The summed E-state index contributed by atoms with van der Waals surface area (Å²) in [6.07, 6.45) is 0. The Hall–Kier alpha value is -2.63. The monoisotopic (exact) mass is 465 g/mol. The van der Waals surface area contributed by atoms with E-state index in [9.17, 15) is 12.8 Å². The van der Waals surface area contributed by atoms with Gasteiger partial charge in [0.2, 0.25) is 15.2 Å². The highest BCUT2D eigenvalue weighted by Gasteiger charge is 2.23. The number of nitrogens with two attached hydrogens (primary N) is 1. The Morgan fingerprint density at radius 3 is 2.55 bits per heavy atom. The van der Waals surface area contributed by atoms with Crippen molar-refractivity contribution in [3.8, 4) is 17.1 Å². The van der Waals surface area contributed by atoms with Gasteiger partial charge >= 0.3 is 0 Å². The van der Waals surface area contributed by atoms with E-state index >= 15 is 0 Å². The fourth-order valence-corrected chi connectivity index (χ4v) is 5.33. The molecule has 0 atom stereocenters. The number of benzene rings is 2. The van der Waals surface area contributed by atoms with Crippen LogP contribution >= 0.6 is 11.8 Å². The zero-order chi connectivity index (χ0) is 22.6. The lowest BCUT2D eigenvalue weighted by Crippen LogP contribution is -2.30. The van der Waals surface area contributed by atoms with E-state index in [1.807, 2.05) is 0 Å². The first-order valence-corrected chi connectivity index (χ1v) is 12.0. The van der Waals surface area contributed by atoms with Gasteiger partial charge in [0.05, 0.1) is 12.0 Å². The van der Waals surface area contributed by atoms with Crippen molar-refractivity contribution < 1.29 is 17.5 Å². The summed E-state index contributed by atoms with van der Waals surface area (Å²) in [7, 11) is -2.20. The maximum atomic E-state index is 13.9. The molecule has 2 N–H and O–H groups in total. The number of thioether (sulfide) groups is 1. The molecule has 0 radical (unpaired) electrons. The minimum Gasteiger partial charge on any atom is -0.494 e. The van der Waals surface area contributed by atoms with Gasteiger partial charge in [-0.3, -0.25) is 0 Å². The van der Waals surface area contributed by atoms with Crippen LogP contribution in [0.1, 0.15) is 19.4 Å². The molecule has 31 heavy (non-hydrogen) atoms. The van der Waals surface area contributed by atoms with Crippen LogP contribution in [0.4, 0.5) is 4.39 Å². The van der Waals surface area contributed by atoms with Gasteiger partial charge in [-0.05, 0) is 29.8 Å². The van der Waals surface area contributed by atoms with Crippen LogP contribution in [0.25, 0.3) is 11.4 Å². The number of halogens is 1. The summed E-state index contributed by atoms with van der Waals surface area (Å²) in [6, 6.07) is 11.2. The molecule has 3 rings (SSSR count). The fraction of sp³-hybridized carbons (Fsp3) is 0.300. The van der Waals surface area contributed by atoms with Gasteiger partial charge in [0.15, 0.2) is 17.4 Å². The number of hydrogen-bond donors (Lipinski definition) is 1. The molecule has 0 aliphatic carbocycles. The molecule has 8 nitrogen and oxygen atoms in total. The van der Waals surface area contributed by atoms with Gasteiger partial charge in [-0.15, -0.1) is 10.2 Å². The maximum absolute atomic E-state index is 13.9. The van der Waals surface area contributed by atoms with Crippen LogP contribution in [-0.2, 0) is 15.8 Å². The lowest BCUT2D eigenvalue weighted by Gasteiger charge is -2.18. The zero-order valence-corrected chi connectivity index (χ0v) is 19.1. The van der Waals surface area contributed by atoms with E-state index in [1.54, 1.807) is 44.2 Å². The number of rotatable bonds is 9. The highest BCUT2D eigenvalue weighted by molar-refractivity contribution is 7.98. The topological polar surface area (TPSA) is 103 Å². The molecule has 0 saturated carbocycles. The summed E-state index contributed by atoms with van der Waals surface area (Å²) in [5, 5.41) is 8.63. The van der Waals surface area contributed by atoms with Crippen molar-refractivity contribution >= 4 is 21.8 Å². The fourth-order valence-electron chi connectivity index (χ4n) is 3.03. The first-order valence-electron chi connectivity index (χ1n) is 9.58. The van der Waals surface area contributed by atoms with Crippen LogP contribution < -0.4 is 10.6 Å². The standard InChI is InChI=1S/C20H24FN5O3S2/c1-4-25(5-2)31(27,28)16-8-6-7-15(12-16)19-23-24-20(26(19)22)30-13-14-9-10-18(29-3)17(21)11-14/h6-12H,4-5,13,22H2,1-3H3. The smallest absolute Gasteiger partial charge is 0.243 e. The number of hydrogen-bond acceptors (Lipinski definition) is 7. The van der Waals surface area contributed by atoms with Gasteiger partial charge in [-0.2, -0.15) is 4.31 Å². The zero-order valence-electron chi connectivity index (χ0n) is 17.4. The predicted molar refractivity (Wildman–Crippen MR) is 118 cm³/mol. The molecule has 1 aromatic heterocycles. The van der Waals surface area contributed by atoms with Crippen molar-refractivity contribution in [2.75, 3.05) is 26.0 Å². The summed E-state index contributed by atoms with van der Waals surface area (Å²) in [5.74, 6) is 6.66.